The Morgan fingerprint density at radius 1 is 1.21 bits per heavy atom. The van der Waals surface area contributed by atoms with Gasteiger partial charge in [-0.15, -0.1) is 24.0 Å². The molecule has 1 aromatic carbocycles. The summed E-state index contributed by atoms with van der Waals surface area (Å²) in [6, 6.07) is 11.8. The van der Waals surface area contributed by atoms with Gasteiger partial charge in [-0.25, -0.2) is 9.98 Å². The van der Waals surface area contributed by atoms with Crippen molar-refractivity contribution in [3.63, 3.8) is 0 Å². The molecule has 0 aliphatic heterocycles. The van der Waals surface area contributed by atoms with E-state index in [0.29, 0.717) is 18.4 Å². The number of hydrogen-bond donors (Lipinski definition) is 2. The molecule has 0 aliphatic carbocycles. The van der Waals surface area contributed by atoms with E-state index in [2.05, 4.69) is 32.6 Å². The molecule has 3 rings (SSSR count). The lowest BCUT2D eigenvalue weighted by molar-refractivity contribution is 0.443. The van der Waals surface area contributed by atoms with E-state index in [4.69, 9.17) is 4.42 Å². The number of oxazole rings is 1. The molecule has 0 amide bonds. The molecule has 0 saturated heterocycles. The summed E-state index contributed by atoms with van der Waals surface area (Å²) in [5, 5.41) is 10.9. The van der Waals surface area contributed by atoms with Crippen molar-refractivity contribution in [1.29, 1.82) is 0 Å². The Morgan fingerprint density at radius 2 is 2.04 bits per heavy atom. The highest BCUT2D eigenvalue weighted by Gasteiger charge is 2.08. The average Bonchev–Trinajstić information content (AvgIpc) is 3.37. The van der Waals surface area contributed by atoms with E-state index < -0.39 is 0 Å². The van der Waals surface area contributed by atoms with Crippen LogP contribution in [0, 0.1) is 5.92 Å². The predicted molar refractivity (Wildman–Crippen MR) is 122 cm³/mol. The fourth-order valence-corrected chi connectivity index (χ4v) is 2.66. The minimum atomic E-state index is 0. The molecule has 2 heterocycles. The van der Waals surface area contributed by atoms with Gasteiger partial charge >= 0.3 is 0 Å². The maximum atomic E-state index is 5.57. The molecule has 0 radical (unpaired) electrons. The van der Waals surface area contributed by atoms with Crippen LogP contribution in [0.3, 0.4) is 0 Å². The second-order valence-electron chi connectivity index (χ2n) is 6.42. The van der Waals surface area contributed by atoms with Crippen LogP contribution in [0.2, 0.25) is 0 Å². The van der Waals surface area contributed by atoms with Crippen LogP contribution in [0.1, 0.15) is 19.5 Å². The first-order valence-electron chi connectivity index (χ1n) is 9.24. The molecule has 1 atom stereocenters. The minimum absolute atomic E-state index is 0. The average molecular weight is 494 g/mol. The Kier molecular flexibility index (Phi) is 8.99. The Balaban J connectivity index is 0.00000280. The summed E-state index contributed by atoms with van der Waals surface area (Å²) in [7, 11) is 0. The topological polar surface area (TPSA) is 80.3 Å². The van der Waals surface area contributed by atoms with Crippen molar-refractivity contribution in [1.82, 2.24) is 25.4 Å². The smallest absolute Gasteiger partial charge is 0.226 e. The Hall–Kier alpha value is -2.36. The summed E-state index contributed by atoms with van der Waals surface area (Å²) in [5.74, 6) is 1.81. The van der Waals surface area contributed by atoms with Gasteiger partial charge in [-0.05, 0) is 31.0 Å². The second-order valence-corrected chi connectivity index (χ2v) is 6.42. The van der Waals surface area contributed by atoms with Crippen molar-refractivity contribution in [2.75, 3.05) is 13.1 Å². The standard InChI is InChI=1S/C20H26N6O.HI/c1-3-21-20(22-12-16(2)14-26-11-7-10-24-26)23-13-18-15-27-19(25-18)17-8-5-4-6-9-17;/h4-11,15-16H,3,12-14H2,1-2H3,(H2,21,22,23);1H. The zero-order valence-corrected chi connectivity index (χ0v) is 18.5. The number of guanidine groups is 1. The van der Waals surface area contributed by atoms with E-state index >= 15 is 0 Å². The molecule has 2 aromatic heterocycles. The van der Waals surface area contributed by atoms with Crippen LogP contribution in [0.15, 0.2) is 64.5 Å². The van der Waals surface area contributed by atoms with E-state index in [9.17, 15) is 0 Å². The van der Waals surface area contributed by atoms with Gasteiger partial charge < -0.3 is 15.1 Å². The Morgan fingerprint density at radius 3 is 2.75 bits per heavy atom. The highest BCUT2D eigenvalue weighted by molar-refractivity contribution is 14.0. The van der Waals surface area contributed by atoms with E-state index in [1.54, 1.807) is 12.5 Å². The number of nitrogens with zero attached hydrogens (tertiary/aromatic N) is 4. The van der Waals surface area contributed by atoms with Gasteiger partial charge in [0.2, 0.25) is 5.89 Å². The van der Waals surface area contributed by atoms with Crippen molar-refractivity contribution in [3.05, 3.63) is 60.7 Å². The monoisotopic (exact) mass is 494 g/mol. The van der Waals surface area contributed by atoms with Crippen LogP contribution >= 0.6 is 24.0 Å². The molecule has 150 valence electrons. The van der Waals surface area contributed by atoms with E-state index in [-0.39, 0.29) is 24.0 Å². The first-order valence-corrected chi connectivity index (χ1v) is 9.24. The van der Waals surface area contributed by atoms with E-state index in [1.165, 1.54) is 0 Å². The van der Waals surface area contributed by atoms with Gasteiger partial charge in [0.15, 0.2) is 5.96 Å². The molecule has 0 fully saturated rings. The molecule has 8 heteroatoms. The van der Waals surface area contributed by atoms with Gasteiger partial charge in [0.1, 0.15) is 12.0 Å². The molecule has 7 nitrogen and oxygen atoms in total. The number of rotatable bonds is 8. The molecule has 1 unspecified atom stereocenters. The lowest BCUT2D eigenvalue weighted by Crippen LogP contribution is -2.40. The highest BCUT2D eigenvalue weighted by atomic mass is 127. The molecular formula is C20H27IN6O. The zero-order valence-electron chi connectivity index (χ0n) is 16.2. The second kappa shape index (κ2) is 11.5. The summed E-state index contributed by atoms with van der Waals surface area (Å²) in [6.07, 6.45) is 5.44. The van der Waals surface area contributed by atoms with Gasteiger partial charge in [0, 0.05) is 37.6 Å². The van der Waals surface area contributed by atoms with Gasteiger partial charge in [-0.2, -0.15) is 5.10 Å². The molecule has 28 heavy (non-hydrogen) atoms. The summed E-state index contributed by atoms with van der Waals surface area (Å²) < 4.78 is 7.51. The number of benzene rings is 1. The summed E-state index contributed by atoms with van der Waals surface area (Å²) in [4.78, 5) is 9.13. The zero-order chi connectivity index (χ0) is 18.9. The molecule has 0 aliphatic rings. The van der Waals surface area contributed by atoms with Crippen molar-refractivity contribution in [3.8, 4) is 11.5 Å². The fraction of sp³-hybridized carbons (Fsp3) is 0.350. The summed E-state index contributed by atoms with van der Waals surface area (Å²) in [6.45, 7) is 7.16. The van der Waals surface area contributed by atoms with Crippen molar-refractivity contribution in [2.45, 2.75) is 26.9 Å². The van der Waals surface area contributed by atoms with Crippen molar-refractivity contribution < 1.29 is 4.42 Å². The number of aliphatic imine (C=N–C) groups is 1. The Labute approximate surface area is 182 Å². The Bertz CT molecular complexity index is 832. The van der Waals surface area contributed by atoms with Crippen LogP contribution in [-0.2, 0) is 13.1 Å². The largest absolute Gasteiger partial charge is 0.444 e. The summed E-state index contributed by atoms with van der Waals surface area (Å²) in [5.41, 5.74) is 1.76. The molecular weight excluding hydrogens is 467 g/mol. The minimum Gasteiger partial charge on any atom is -0.444 e. The first-order chi connectivity index (χ1) is 13.2. The lowest BCUT2D eigenvalue weighted by atomic mass is 10.2. The maximum absolute atomic E-state index is 5.57. The highest BCUT2D eigenvalue weighted by Crippen LogP contribution is 2.18. The molecule has 0 bridgehead atoms. The number of aromatic nitrogens is 3. The van der Waals surface area contributed by atoms with Gasteiger partial charge in [0.05, 0.1) is 6.54 Å². The van der Waals surface area contributed by atoms with Crippen LogP contribution < -0.4 is 10.6 Å². The number of nitrogens with one attached hydrogen (secondary N) is 2. The predicted octanol–water partition coefficient (Wildman–Crippen LogP) is 3.55. The molecule has 0 spiro atoms. The maximum Gasteiger partial charge on any atom is 0.226 e. The third-order valence-corrected chi connectivity index (χ3v) is 3.99. The molecule has 3 aromatic rings. The lowest BCUT2D eigenvalue weighted by Gasteiger charge is -2.15. The van der Waals surface area contributed by atoms with Crippen molar-refractivity contribution in [2.24, 2.45) is 10.9 Å². The van der Waals surface area contributed by atoms with E-state index in [1.807, 2.05) is 54.2 Å². The van der Waals surface area contributed by atoms with Crippen molar-refractivity contribution >= 4 is 29.9 Å². The van der Waals surface area contributed by atoms with Crippen LogP contribution in [0.4, 0.5) is 0 Å². The molecule has 0 saturated carbocycles. The third kappa shape index (κ3) is 6.66. The van der Waals surface area contributed by atoms with Gasteiger partial charge in [-0.3, -0.25) is 4.68 Å². The fourth-order valence-electron chi connectivity index (χ4n) is 2.66. The van der Waals surface area contributed by atoms with Crippen LogP contribution in [-0.4, -0.2) is 33.8 Å². The van der Waals surface area contributed by atoms with Gasteiger partial charge in [0.25, 0.3) is 0 Å². The van der Waals surface area contributed by atoms with Crippen LogP contribution in [0.5, 0.6) is 0 Å². The molecule has 2 N–H and O–H groups in total. The number of halogens is 1. The summed E-state index contributed by atoms with van der Waals surface area (Å²) >= 11 is 0. The SMILES string of the molecule is CCNC(=NCc1coc(-c2ccccc2)n1)NCC(C)Cn1cccn1.I. The quantitative estimate of drug-likeness (QED) is 0.285. The normalized spacial score (nSPS) is 12.3. The first kappa shape index (κ1) is 21.9. The van der Waals surface area contributed by atoms with E-state index in [0.717, 1.165) is 36.9 Å². The van der Waals surface area contributed by atoms with Gasteiger partial charge in [-0.1, -0.05) is 25.1 Å². The third-order valence-electron chi connectivity index (χ3n) is 3.99. The van der Waals surface area contributed by atoms with Crippen LogP contribution in [0.25, 0.3) is 11.5 Å². The number of hydrogen-bond acceptors (Lipinski definition) is 4.